The van der Waals surface area contributed by atoms with Gasteiger partial charge in [-0.25, -0.2) is 4.79 Å². The molecule has 1 N–H and O–H groups in total. The van der Waals surface area contributed by atoms with E-state index >= 15 is 0 Å². The Morgan fingerprint density at radius 3 is 2.10 bits per heavy atom. The molecule has 2 atom stereocenters. The van der Waals surface area contributed by atoms with Crippen molar-refractivity contribution < 1.29 is 14.6 Å². The van der Waals surface area contributed by atoms with E-state index in [2.05, 4.69) is 11.3 Å². The largest absolute Gasteiger partial charge is 0.478 e. The van der Waals surface area contributed by atoms with E-state index in [-0.39, 0.29) is 5.56 Å². The summed E-state index contributed by atoms with van der Waals surface area (Å²) in [5, 5.41) is 7.60. The summed E-state index contributed by atoms with van der Waals surface area (Å²) in [6.45, 7) is 4.90. The van der Waals surface area contributed by atoms with Crippen LogP contribution in [0.5, 0.6) is 0 Å². The zero-order chi connectivity index (χ0) is 8.15. The van der Waals surface area contributed by atoms with E-state index in [4.69, 9.17) is 16.7 Å². The van der Waals surface area contributed by atoms with Gasteiger partial charge in [0.15, 0.2) is 5.56 Å². The Bertz CT molecular complexity index is 129. The summed E-state index contributed by atoms with van der Waals surface area (Å²) in [5.41, 5.74) is 0.0231. The zero-order valence-electron chi connectivity index (χ0n) is 5.58. The van der Waals surface area contributed by atoms with Crippen molar-refractivity contribution in [2.45, 2.75) is 18.6 Å². The second-order valence-corrected chi connectivity index (χ2v) is 2.16. The van der Waals surface area contributed by atoms with E-state index in [0.29, 0.717) is 6.10 Å². The molecule has 0 saturated carbocycles. The van der Waals surface area contributed by atoms with Crippen LogP contribution in [0.25, 0.3) is 0 Å². The Morgan fingerprint density at radius 1 is 1.90 bits per heavy atom. The van der Waals surface area contributed by atoms with Gasteiger partial charge in [0, 0.05) is 6.08 Å². The minimum atomic E-state index is -0.981. The molecule has 4 heteroatoms. The molecule has 0 aliphatic carbocycles. The number of aliphatic carboxylic acids is 1. The Morgan fingerprint density at radius 2 is 2.10 bits per heavy atom. The van der Waals surface area contributed by atoms with E-state index in [0.717, 1.165) is 6.08 Å². The maximum Gasteiger partial charge on any atom is 0.327 e. The molecule has 1 saturated heterocycles. The van der Waals surface area contributed by atoms with Gasteiger partial charge in [0.25, 0.3) is 0 Å². The molecule has 58 valence electrons. The van der Waals surface area contributed by atoms with Crippen molar-refractivity contribution in [1.82, 2.24) is 0 Å². The first-order chi connectivity index (χ1) is 4.57. The van der Waals surface area contributed by atoms with E-state index < -0.39 is 5.97 Å². The summed E-state index contributed by atoms with van der Waals surface area (Å²) in [7, 11) is 0. The first kappa shape index (κ1) is 9.46. The normalized spacial score (nSPS) is 27.8. The van der Waals surface area contributed by atoms with Crippen molar-refractivity contribution in [3.8, 4) is 0 Å². The molecule has 3 nitrogen and oxygen atoms in total. The fourth-order valence-electron chi connectivity index (χ4n) is 0.160. The van der Waals surface area contributed by atoms with Gasteiger partial charge in [-0.15, -0.1) is 0 Å². The van der Waals surface area contributed by atoms with Crippen LogP contribution in [0.4, 0.5) is 0 Å². The molecule has 1 fully saturated rings. The van der Waals surface area contributed by atoms with Crippen LogP contribution in [-0.2, 0) is 9.53 Å². The molecule has 1 aliphatic heterocycles. The number of hydrogen-bond donors (Lipinski definition) is 1. The van der Waals surface area contributed by atoms with E-state index in [9.17, 15) is 4.79 Å². The van der Waals surface area contributed by atoms with Crippen LogP contribution in [0, 0.1) is 0 Å². The summed E-state index contributed by atoms with van der Waals surface area (Å²) in [5.74, 6) is -0.981. The molecule has 1 heterocycles. The van der Waals surface area contributed by atoms with Crippen LogP contribution in [0.2, 0.25) is 0 Å². The fourth-order valence-corrected chi connectivity index (χ4v) is 0.322. The summed E-state index contributed by atoms with van der Waals surface area (Å²) in [6.07, 6.45) is 1.15. The fraction of sp³-hybridized carbons (Fsp3) is 0.500. The maximum atomic E-state index is 9.25. The molecule has 0 aromatic heterocycles. The van der Waals surface area contributed by atoms with Crippen LogP contribution in [0.3, 0.4) is 0 Å². The van der Waals surface area contributed by atoms with Crippen molar-refractivity contribution in [2.24, 2.45) is 0 Å². The summed E-state index contributed by atoms with van der Waals surface area (Å²) in [6, 6.07) is 0. The third kappa shape index (κ3) is 5.59. The topological polar surface area (TPSA) is 49.8 Å². The van der Waals surface area contributed by atoms with Gasteiger partial charge in [-0.05, 0) is 6.92 Å². The average Bonchev–Trinajstić information content (AvgIpc) is 2.47. The van der Waals surface area contributed by atoms with E-state index in [1.54, 1.807) is 0 Å². The van der Waals surface area contributed by atoms with Crippen molar-refractivity contribution in [1.29, 1.82) is 0 Å². The first-order valence-electron chi connectivity index (χ1n) is 2.72. The van der Waals surface area contributed by atoms with E-state index in [1.165, 1.54) is 0 Å². The predicted octanol–water partition coefficient (Wildman–Crippen LogP) is 1.23. The standard InChI is InChI=1S/C3H5ClO.C3H4O2/c1-2-3(4)5-2;1-2-3(4)5/h2-3H,1H3;2H,1H2,(H,4,5). The molecular formula is C6H9ClO3. The molecule has 0 spiro atoms. The molecule has 0 aromatic rings. The zero-order valence-corrected chi connectivity index (χ0v) is 6.34. The lowest BCUT2D eigenvalue weighted by Gasteiger charge is -1.64. The van der Waals surface area contributed by atoms with Crippen LogP contribution in [0.1, 0.15) is 6.92 Å². The number of ether oxygens (including phenoxy) is 1. The second kappa shape index (κ2) is 4.30. The second-order valence-electron chi connectivity index (χ2n) is 1.73. The number of carbonyl (C=O) groups is 1. The number of halogens is 1. The van der Waals surface area contributed by atoms with Gasteiger partial charge < -0.3 is 9.84 Å². The van der Waals surface area contributed by atoms with Gasteiger partial charge in [0.1, 0.15) is 0 Å². The minimum absolute atomic E-state index is 0.0231. The molecule has 1 aliphatic rings. The van der Waals surface area contributed by atoms with E-state index in [1.807, 2.05) is 6.92 Å². The molecule has 0 aromatic carbocycles. The lowest BCUT2D eigenvalue weighted by Crippen LogP contribution is -1.82. The highest BCUT2D eigenvalue weighted by molar-refractivity contribution is 6.21. The predicted molar refractivity (Wildman–Crippen MR) is 38.0 cm³/mol. The number of rotatable bonds is 1. The van der Waals surface area contributed by atoms with Crippen LogP contribution in [-0.4, -0.2) is 22.7 Å². The number of epoxide rings is 1. The molecule has 0 bridgehead atoms. The number of carboxylic acid groups (broad SMARTS) is 1. The van der Waals surface area contributed by atoms with Crippen LogP contribution < -0.4 is 0 Å². The monoisotopic (exact) mass is 164 g/mol. The number of carboxylic acids is 1. The van der Waals surface area contributed by atoms with Crippen LogP contribution >= 0.6 is 11.6 Å². The Balaban J connectivity index is 0.000000162. The molecule has 2 unspecified atom stereocenters. The lowest BCUT2D eigenvalue weighted by molar-refractivity contribution is -0.131. The Hall–Kier alpha value is -0.540. The number of hydrogen-bond acceptors (Lipinski definition) is 2. The minimum Gasteiger partial charge on any atom is -0.478 e. The average molecular weight is 165 g/mol. The Kier molecular flexibility index (Phi) is 4.07. The summed E-state index contributed by atoms with van der Waals surface area (Å²) >= 11 is 5.31. The van der Waals surface area contributed by atoms with Gasteiger partial charge in [0.2, 0.25) is 0 Å². The molecular weight excluding hydrogens is 156 g/mol. The maximum absolute atomic E-state index is 9.25. The highest BCUT2D eigenvalue weighted by Crippen LogP contribution is 2.23. The smallest absolute Gasteiger partial charge is 0.327 e. The summed E-state index contributed by atoms with van der Waals surface area (Å²) < 4.78 is 4.68. The third-order valence-electron chi connectivity index (χ3n) is 0.812. The summed E-state index contributed by atoms with van der Waals surface area (Å²) in [4.78, 5) is 9.25. The lowest BCUT2D eigenvalue weighted by atomic mass is 10.6. The highest BCUT2D eigenvalue weighted by atomic mass is 35.5. The van der Waals surface area contributed by atoms with Gasteiger partial charge in [0.05, 0.1) is 6.10 Å². The molecule has 10 heavy (non-hydrogen) atoms. The molecule has 1 rings (SSSR count). The quantitative estimate of drug-likeness (QED) is 0.360. The van der Waals surface area contributed by atoms with Gasteiger partial charge in [-0.1, -0.05) is 18.2 Å². The van der Waals surface area contributed by atoms with Crippen molar-refractivity contribution in [2.75, 3.05) is 0 Å². The Labute approximate surface area is 64.2 Å². The van der Waals surface area contributed by atoms with Gasteiger partial charge in [-0.3, -0.25) is 0 Å². The molecule has 0 radical (unpaired) electrons. The van der Waals surface area contributed by atoms with Crippen molar-refractivity contribution in [3.63, 3.8) is 0 Å². The highest BCUT2D eigenvalue weighted by Gasteiger charge is 2.30. The van der Waals surface area contributed by atoms with Crippen molar-refractivity contribution >= 4 is 17.6 Å². The van der Waals surface area contributed by atoms with Crippen LogP contribution in [0.15, 0.2) is 12.7 Å². The number of alkyl halides is 1. The van der Waals surface area contributed by atoms with Crippen molar-refractivity contribution in [3.05, 3.63) is 12.7 Å². The molecule has 0 amide bonds. The SMILES string of the molecule is C=CC(=O)O.CC1OC1Cl. The third-order valence-corrected chi connectivity index (χ3v) is 1.27. The first-order valence-corrected chi connectivity index (χ1v) is 3.16. The van der Waals surface area contributed by atoms with Gasteiger partial charge >= 0.3 is 5.97 Å². The van der Waals surface area contributed by atoms with Gasteiger partial charge in [-0.2, -0.15) is 0 Å².